The zero-order valence-electron chi connectivity index (χ0n) is 12.7. The summed E-state index contributed by atoms with van der Waals surface area (Å²) < 4.78 is 5.69. The van der Waals surface area contributed by atoms with E-state index in [1.807, 2.05) is 25.7 Å². The van der Waals surface area contributed by atoms with Crippen LogP contribution in [-0.4, -0.2) is 37.1 Å². The average Bonchev–Trinajstić information content (AvgIpc) is 2.27. The zero-order valence-corrected chi connectivity index (χ0v) is 12.7. The van der Waals surface area contributed by atoms with Crippen molar-refractivity contribution in [3.05, 3.63) is 0 Å². The number of nitrogens with zero attached hydrogens (tertiary/aromatic N) is 1. The Hall–Kier alpha value is -0.570. The van der Waals surface area contributed by atoms with E-state index in [9.17, 15) is 4.79 Å². The van der Waals surface area contributed by atoms with Crippen LogP contribution in [0.3, 0.4) is 0 Å². The molecule has 1 amide bonds. The highest BCUT2D eigenvalue weighted by Gasteiger charge is 2.30. The predicted molar refractivity (Wildman–Crippen MR) is 74.4 cm³/mol. The fraction of sp³-hybridized carbons (Fsp3) is 0.933. The number of rotatable bonds is 4. The molecule has 0 aliphatic carbocycles. The van der Waals surface area contributed by atoms with Gasteiger partial charge in [0.05, 0.1) is 0 Å². The topological polar surface area (TPSA) is 29.5 Å². The van der Waals surface area contributed by atoms with Crippen molar-refractivity contribution in [2.75, 3.05) is 26.3 Å². The molecule has 0 N–H and O–H groups in total. The molecule has 1 fully saturated rings. The van der Waals surface area contributed by atoms with E-state index in [0.717, 1.165) is 39.1 Å². The molecule has 1 aliphatic rings. The fourth-order valence-electron chi connectivity index (χ4n) is 2.25. The van der Waals surface area contributed by atoms with Crippen molar-refractivity contribution in [3.63, 3.8) is 0 Å². The Morgan fingerprint density at radius 2 is 1.83 bits per heavy atom. The van der Waals surface area contributed by atoms with Gasteiger partial charge in [-0.05, 0) is 24.7 Å². The lowest BCUT2D eigenvalue weighted by molar-refractivity contribution is -0.141. The Kier molecular flexibility index (Phi) is 5.64. The van der Waals surface area contributed by atoms with Crippen molar-refractivity contribution in [2.24, 2.45) is 17.3 Å². The molecule has 0 saturated carbocycles. The zero-order chi connectivity index (χ0) is 13.8. The number of piperidine rings is 1. The standard InChI is InChI=1S/C15H29NO2/c1-12(2)10-18-11-13-6-8-16(9-7-13)14(17)15(3,4)5/h12-13H,6-11H2,1-5H3. The number of carbonyl (C=O) groups excluding carboxylic acids is 1. The summed E-state index contributed by atoms with van der Waals surface area (Å²) in [5, 5.41) is 0. The molecule has 106 valence electrons. The molecule has 0 radical (unpaired) electrons. The number of likely N-dealkylation sites (tertiary alicyclic amines) is 1. The smallest absolute Gasteiger partial charge is 0.227 e. The van der Waals surface area contributed by atoms with Crippen LogP contribution >= 0.6 is 0 Å². The second-order valence-electron chi connectivity index (χ2n) is 6.92. The van der Waals surface area contributed by atoms with Gasteiger partial charge in [0.1, 0.15) is 0 Å². The molecule has 0 aromatic heterocycles. The van der Waals surface area contributed by atoms with E-state index >= 15 is 0 Å². The van der Waals surface area contributed by atoms with Gasteiger partial charge in [-0.25, -0.2) is 0 Å². The molecule has 3 nitrogen and oxygen atoms in total. The summed E-state index contributed by atoms with van der Waals surface area (Å²) in [4.78, 5) is 14.1. The van der Waals surface area contributed by atoms with Gasteiger partial charge in [0.25, 0.3) is 0 Å². The lowest BCUT2D eigenvalue weighted by atomic mass is 9.91. The highest BCUT2D eigenvalue weighted by atomic mass is 16.5. The third-order valence-corrected chi connectivity index (χ3v) is 3.35. The molecular weight excluding hydrogens is 226 g/mol. The Morgan fingerprint density at radius 3 is 2.28 bits per heavy atom. The van der Waals surface area contributed by atoms with Gasteiger partial charge in [0, 0.05) is 31.7 Å². The maximum Gasteiger partial charge on any atom is 0.227 e. The van der Waals surface area contributed by atoms with E-state index in [1.54, 1.807) is 0 Å². The van der Waals surface area contributed by atoms with Crippen LogP contribution in [0.4, 0.5) is 0 Å². The normalized spacial score (nSPS) is 18.4. The third kappa shape index (κ3) is 4.97. The number of amides is 1. The first-order chi connectivity index (χ1) is 8.30. The molecule has 0 spiro atoms. The van der Waals surface area contributed by atoms with Gasteiger partial charge in [-0.1, -0.05) is 34.6 Å². The van der Waals surface area contributed by atoms with E-state index in [0.29, 0.717) is 11.8 Å². The van der Waals surface area contributed by atoms with Crippen LogP contribution in [0, 0.1) is 17.3 Å². The summed E-state index contributed by atoms with van der Waals surface area (Å²) >= 11 is 0. The van der Waals surface area contributed by atoms with Crippen molar-refractivity contribution in [1.29, 1.82) is 0 Å². The summed E-state index contributed by atoms with van der Waals surface area (Å²) in [5.41, 5.74) is -0.249. The minimum absolute atomic E-state index is 0.249. The minimum Gasteiger partial charge on any atom is -0.381 e. The molecule has 1 rings (SSSR count). The first-order valence-corrected chi connectivity index (χ1v) is 7.18. The van der Waals surface area contributed by atoms with Crippen LogP contribution in [0.25, 0.3) is 0 Å². The molecule has 0 atom stereocenters. The van der Waals surface area contributed by atoms with Crippen LogP contribution in [0.15, 0.2) is 0 Å². The summed E-state index contributed by atoms with van der Waals surface area (Å²) in [7, 11) is 0. The molecule has 1 saturated heterocycles. The maximum atomic E-state index is 12.1. The van der Waals surface area contributed by atoms with Crippen molar-refractivity contribution in [2.45, 2.75) is 47.5 Å². The molecule has 1 aliphatic heterocycles. The van der Waals surface area contributed by atoms with E-state index in [2.05, 4.69) is 13.8 Å². The SMILES string of the molecule is CC(C)COCC1CCN(C(=O)C(C)(C)C)CC1. The van der Waals surface area contributed by atoms with E-state index < -0.39 is 0 Å². The molecule has 0 bridgehead atoms. The quantitative estimate of drug-likeness (QED) is 0.773. The fourth-order valence-corrected chi connectivity index (χ4v) is 2.25. The summed E-state index contributed by atoms with van der Waals surface area (Å²) in [6.07, 6.45) is 2.17. The molecule has 0 aromatic rings. The van der Waals surface area contributed by atoms with E-state index in [1.165, 1.54) is 0 Å². The second-order valence-corrected chi connectivity index (χ2v) is 6.92. The minimum atomic E-state index is -0.249. The van der Waals surface area contributed by atoms with Crippen LogP contribution in [-0.2, 0) is 9.53 Å². The van der Waals surface area contributed by atoms with Crippen molar-refractivity contribution >= 4 is 5.91 Å². The lowest BCUT2D eigenvalue weighted by Crippen LogP contribution is -2.44. The molecule has 0 unspecified atom stereocenters. The molecule has 1 heterocycles. The van der Waals surface area contributed by atoms with Crippen LogP contribution < -0.4 is 0 Å². The van der Waals surface area contributed by atoms with Crippen LogP contribution in [0.1, 0.15) is 47.5 Å². The highest BCUT2D eigenvalue weighted by molar-refractivity contribution is 5.81. The maximum absolute atomic E-state index is 12.1. The lowest BCUT2D eigenvalue weighted by Gasteiger charge is -2.35. The molecular formula is C15H29NO2. The van der Waals surface area contributed by atoms with Crippen LogP contribution in [0.5, 0.6) is 0 Å². The van der Waals surface area contributed by atoms with Crippen molar-refractivity contribution in [3.8, 4) is 0 Å². The number of ether oxygens (including phenoxy) is 1. The van der Waals surface area contributed by atoms with Gasteiger partial charge in [-0.15, -0.1) is 0 Å². The van der Waals surface area contributed by atoms with E-state index in [4.69, 9.17) is 4.74 Å². The largest absolute Gasteiger partial charge is 0.381 e. The number of carbonyl (C=O) groups is 1. The summed E-state index contributed by atoms with van der Waals surface area (Å²) in [6, 6.07) is 0. The van der Waals surface area contributed by atoms with Gasteiger partial charge in [-0.2, -0.15) is 0 Å². The predicted octanol–water partition coefficient (Wildman–Crippen LogP) is 2.94. The molecule has 3 heteroatoms. The number of hydrogen-bond acceptors (Lipinski definition) is 2. The summed E-state index contributed by atoms with van der Waals surface area (Å²) in [6.45, 7) is 13.8. The Morgan fingerprint density at radius 1 is 1.28 bits per heavy atom. The molecule has 0 aromatic carbocycles. The van der Waals surface area contributed by atoms with Gasteiger partial charge < -0.3 is 9.64 Å². The average molecular weight is 255 g/mol. The Balaban J connectivity index is 2.27. The van der Waals surface area contributed by atoms with Crippen molar-refractivity contribution in [1.82, 2.24) is 4.90 Å². The third-order valence-electron chi connectivity index (χ3n) is 3.35. The van der Waals surface area contributed by atoms with Gasteiger partial charge in [0.15, 0.2) is 0 Å². The first-order valence-electron chi connectivity index (χ1n) is 7.18. The van der Waals surface area contributed by atoms with Gasteiger partial charge in [-0.3, -0.25) is 4.79 Å². The number of hydrogen-bond donors (Lipinski definition) is 0. The van der Waals surface area contributed by atoms with E-state index in [-0.39, 0.29) is 11.3 Å². The Bertz CT molecular complexity index is 260. The monoisotopic (exact) mass is 255 g/mol. The van der Waals surface area contributed by atoms with Gasteiger partial charge >= 0.3 is 0 Å². The summed E-state index contributed by atoms with van der Waals surface area (Å²) in [5.74, 6) is 1.52. The van der Waals surface area contributed by atoms with Crippen LogP contribution in [0.2, 0.25) is 0 Å². The Labute approximate surface area is 112 Å². The van der Waals surface area contributed by atoms with Gasteiger partial charge in [0.2, 0.25) is 5.91 Å². The second kappa shape index (κ2) is 6.55. The first kappa shape index (κ1) is 15.5. The highest BCUT2D eigenvalue weighted by Crippen LogP contribution is 2.23. The van der Waals surface area contributed by atoms with Crippen molar-refractivity contribution < 1.29 is 9.53 Å². The molecule has 18 heavy (non-hydrogen) atoms.